The molecule has 0 spiro atoms. The molecule has 1 aromatic rings. The fourth-order valence-corrected chi connectivity index (χ4v) is 2.06. The van der Waals surface area contributed by atoms with Crippen molar-refractivity contribution in [2.75, 3.05) is 7.05 Å². The van der Waals surface area contributed by atoms with E-state index in [9.17, 15) is 17.6 Å². The molecule has 0 unspecified atom stereocenters. The van der Waals surface area contributed by atoms with Crippen LogP contribution in [-0.2, 0) is 10.0 Å². The Hall–Kier alpha value is -1.47. The summed E-state index contributed by atoms with van der Waals surface area (Å²) < 4.78 is 35.7. The summed E-state index contributed by atoms with van der Waals surface area (Å²) >= 11 is 0. The number of halogens is 1. The molecule has 1 amide bonds. The fraction of sp³-hybridized carbons (Fsp3) is 0.222. The average Bonchev–Trinajstić information content (AvgIpc) is 2.14. The van der Waals surface area contributed by atoms with E-state index in [-0.39, 0.29) is 16.0 Å². The van der Waals surface area contributed by atoms with Gasteiger partial charge in [0.05, 0.1) is 10.5 Å². The first kappa shape index (κ1) is 12.6. The molecule has 0 aliphatic heterocycles. The number of hydrogen-bond donors (Lipinski definition) is 2. The van der Waals surface area contributed by atoms with Crippen LogP contribution in [0.4, 0.5) is 4.39 Å². The van der Waals surface area contributed by atoms with Crippen molar-refractivity contribution in [1.29, 1.82) is 0 Å². The number of nitrogens with one attached hydrogen (secondary N) is 1. The average molecular weight is 246 g/mol. The topological polar surface area (TPSA) is 89.3 Å². The molecule has 0 atom stereocenters. The Balaban J connectivity index is 3.51. The molecule has 1 rings (SSSR count). The maximum atomic E-state index is 13.4. The third kappa shape index (κ3) is 2.37. The van der Waals surface area contributed by atoms with Crippen LogP contribution in [0.3, 0.4) is 0 Å². The first-order chi connectivity index (χ1) is 7.27. The van der Waals surface area contributed by atoms with Crippen LogP contribution in [0.5, 0.6) is 0 Å². The SMILES string of the molecule is CNC(=O)c1cc(S(N)(=O)=O)c(C)cc1F. The van der Waals surface area contributed by atoms with Gasteiger partial charge >= 0.3 is 0 Å². The lowest BCUT2D eigenvalue weighted by molar-refractivity contribution is 0.0959. The van der Waals surface area contributed by atoms with Gasteiger partial charge in [0, 0.05) is 7.05 Å². The van der Waals surface area contributed by atoms with E-state index in [1.54, 1.807) is 0 Å². The van der Waals surface area contributed by atoms with Gasteiger partial charge in [0.15, 0.2) is 0 Å². The summed E-state index contributed by atoms with van der Waals surface area (Å²) in [6, 6.07) is 1.89. The normalized spacial score (nSPS) is 11.2. The predicted molar refractivity (Wildman–Crippen MR) is 55.9 cm³/mol. The number of aryl methyl sites for hydroxylation is 1. The number of nitrogens with two attached hydrogens (primary N) is 1. The monoisotopic (exact) mass is 246 g/mol. The standard InChI is InChI=1S/C9H11FN2O3S/c1-5-3-7(10)6(9(13)12-2)4-8(5)16(11,14)15/h3-4H,1-2H3,(H,12,13)(H2,11,14,15). The summed E-state index contributed by atoms with van der Waals surface area (Å²) in [6.07, 6.45) is 0. The van der Waals surface area contributed by atoms with Crippen molar-refractivity contribution < 1.29 is 17.6 Å². The smallest absolute Gasteiger partial charge is 0.254 e. The molecule has 0 saturated carbocycles. The Morgan fingerprint density at radius 2 is 2.00 bits per heavy atom. The second-order valence-corrected chi connectivity index (χ2v) is 4.75. The van der Waals surface area contributed by atoms with Crippen LogP contribution in [0, 0.1) is 12.7 Å². The number of carbonyl (C=O) groups is 1. The number of amides is 1. The zero-order valence-corrected chi connectivity index (χ0v) is 9.56. The number of carbonyl (C=O) groups excluding carboxylic acids is 1. The molecule has 0 aromatic heterocycles. The Bertz CT molecular complexity index is 540. The van der Waals surface area contributed by atoms with Crippen molar-refractivity contribution >= 4 is 15.9 Å². The second-order valence-electron chi connectivity index (χ2n) is 3.22. The van der Waals surface area contributed by atoms with Crippen molar-refractivity contribution in [3.05, 3.63) is 29.1 Å². The van der Waals surface area contributed by atoms with Crippen LogP contribution in [0.1, 0.15) is 15.9 Å². The summed E-state index contributed by atoms with van der Waals surface area (Å²) in [7, 11) is -2.64. The van der Waals surface area contributed by atoms with Gasteiger partial charge in [-0.3, -0.25) is 4.79 Å². The van der Waals surface area contributed by atoms with Gasteiger partial charge in [0.25, 0.3) is 5.91 Å². The van der Waals surface area contributed by atoms with Crippen LogP contribution in [0.2, 0.25) is 0 Å². The molecule has 0 radical (unpaired) electrons. The molecule has 0 fully saturated rings. The van der Waals surface area contributed by atoms with Crippen molar-refractivity contribution in [3.8, 4) is 0 Å². The minimum absolute atomic E-state index is 0.160. The van der Waals surface area contributed by atoms with E-state index in [0.717, 1.165) is 12.1 Å². The molecule has 1 aromatic carbocycles. The molecule has 3 N–H and O–H groups in total. The highest BCUT2D eigenvalue weighted by Gasteiger charge is 2.18. The summed E-state index contributed by atoms with van der Waals surface area (Å²) in [4.78, 5) is 11.0. The fourth-order valence-electron chi connectivity index (χ4n) is 1.27. The van der Waals surface area contributed by atoms with Gasteiger partial charge in [-0.15, -0.1) is 0 Å². The number of rotatable bonds is 2. The molecule has 5 nitrogen and oxygen atoms in total. The molecule has 0 aliphatic carbocycles. The van der Waals surface area contributed by atoms with Crippen molar-refractivity contribution in [2.24, 2.45) is 5.14 Å². The van der Waals surface area contributed by atoms with E-state index in [1.165, 1.54) is 14.0 Å². The second kappa shape index (κ2) is 4.18. The Morgan fingerprint density at radius 1 is 1.44 bits per heavy atom. The minimum atomic E-state index is -3.96. The summed E-state index contributed by atoms with van der Waals surface area (Å²) in [5.74, 6) is -1.49. The van der Waals surface area contributed by atoms with Crippen LogP contribution in [-0.4, -0.2) is 21.4 Å². The van der Waals surface area contributed by atoms with Crippen molar-refractivity contribution in [1.82, 2.24) is 5.32 Å². The predicted octanol–water partition coefficient (Wildman–Crippen LogP) is 0.141. The molecule has 16 heavy (non-hydrogen) atoms. The highest BCUT2D eigenvalue weighted by atomic mass is 32.2. The van der Waals surface area contributed by atoms with Gasteiger partial charge in [-0.1, -0.05) is 0 Å². The first-order valence-corrected chi connectivity index (χ1v) is 5.87. The van der Waals surface area contributed by atoms with Crippen LogP contribution < -0.4 is 10.5 Å². The van der Waals surface area contributed by atoms with Crippen molar-refractivity contribution in [2.45, 2.75) is 11.8 Å². The van der Waals surface area contributed by atoms with E-state index >= 15 is 0 Å². The maximum absolute atomic E-state index is 13.4. The number of primary sulfonamides is 1. The molecule has 0 bridgehead atoms. The van der Waals surface area contributed by atoms with Gasteiger partial charge in [0.1, 0.15) is 5.82 Å². The van der Waals surface area contributed by atoms with Gasteiger partial charge < -0.3 is 5.32 Å². The Labute approximate surface area is 92.5 Å². The first-order valence-electron chi connectivity index (χ1n) is 4.32. The zero-order valence-electron chi connectivity index (χ0n) is 8.74. The largest absolute Gasteiger partial charge is 0.355 e. The molecule has 88 valence electrons. The lowest BCUT2D eigenvalue weighted by atomic mass is 10.1. The lowest BCUT2D eigenvalue weighted by Crippen LogP contribution is -2.21. The van der Waals surface area contributed by atoms with E-state index < -0.39 is 21.7 Å². The van der Waals surface area contributed by atoms with Crippen LogP contribution in [0.15, 0.2) is 17.0 Å². The lowest BCUT2D eigenvalue weighted by Gasteiger charge is -2.07. The molecular formula is C9H11FN2O3S. The third-order valence-electron chi connectivity index (χ3n) is 2.04. The van der Waals surface area contributed by atoms with Gasteiger partial charge in [-0.25, -0.2) is 17.9 Å². The number of benzene rings is 1. The number of sulfonamides is 1. The van der Waals surface area contributed by atoms with Crippen LogP contribution >= 0.6 is 0 Å². The van der Waals surface area contributed by atoms with Gasteiger partial charge in [0.2, 0.25) is 10.0 Å². The highest BCUT2D eigenvalue weighted by Crippen LogP contribution is 2.18. The number of hydrogen-bond acceptors (Lipinski definition) is 3. The molecule has 0 aliphatic rings. The van der Waals surface area contributed by atoms with E-state index in [2.05, 4.69) is 5.32 Å². The quantitative estimate of drug-likeness (QED) is 0.777. The van der Waals surface area contributed by atoms with Gasteiger partial charge in [-0.05, 0) is 24.6 Å². The van der Waals surface area contributed by atoms with E-state index in [4.69, 9.17) is 5.14 Å². The van der Waals surface area contributed by atoms with Gasteiger partial charge in [-0.2, -0.15) is 0 Å². The van der Waals surface area contributed by atoms with Crippen LogP contribution in [0.25, 0.3) is 0 Å². The van der Waals surface area contributed by atoms with Crippen molar-refractivity contribution in [3.63, 3.8) is 0 Å². The summed E-state index contributed by atoms with van der Waals surface area (Å²) in [6.45, 7) is 1.40. The molecule has 0 heterocycles. The Morgan fingerprint density at radius 3 is 2.44 bits per heavy atom. The molecule has 0 saturated heterocycles. The molecule has 7 heteroatoms. The van der Waals surface area contributed by atoms with E-state index in [0.29, 0.717) is 0 Å². The summed E-state index contributed by atoms with van der Waals surface area (Å²) in [5.41, 5.74) is -0.190. The third-order valence-corrected chi connectivity index (χ3v) is 3.10. The zero-order chi connectivity index (χ0) is 12.5. The Kier molecular flexibility index (Phi) is 3.30. The highest BCUT2D eigenvalue weighted by molar-refractivity contribution is 7.89. The summed E-state index contributed by atoms with van der Waals surface area (Å²) in [5, 5.41) is 7.14. The minimum Gasteiger partial charge on any atom is -0.355 e. The molecular weight excluding hydrogens is 235 g/mol. The van der Waals surface area contributed by atoms with E-state index in [1.807, 2.05) is 0 Å². The maximum Gasteiger partial charge on any atom is 0.254 e.